The largest absolute Gasteiger partial charge is 0.508 e. The number of anilines is 1. The number of benzene rings is 2. The Bertz CT molecular complexity index is 870. The van der Waals surface area contributed by atoms with E-state index < -0.39 is 27.5 Å². The van der Waals surface area contributed by atoms with Gasteiger partial charge < -0.3 is 10.4 Å². The molecular weight excluding hydrogens is 371 g/mol. The zero-order valence-corrected chi connectivity index (χ0v) is 15.8. The Balaban J connectivity index is 1.76. The fourth-order valence-corrected chi connectivity index (χ4v) is 3.90. The number of aryl methyl sites for hydroxylation is 1. The standard InChI is InChI=1S/C19H23FN2O4S/c1-14(13-27(25,26)22-17-6-2-5-16(20)12-17)19(24)21-11-3-4-15-7-9-18(23)10-8-15/h2,5-10,12,14,22-23H,3-4,11,13H2,1H3,(H,21,24). The van der Waals surface area contributed by atoms with Gasteiger partial charge in [0.15, 0.2) is 0 Å². The topological polar surface area (TPSA) is 95.5 Å². The number of nitrogens with one attached hydrogen (secondary N) is 2. The quantitative estimate of drug-likeness (QED) is 0.570. The van der Waals surface area contributed by atoms with Crippen molar-refractivity contribution >= 4 is 21.6 Å². The third-order valence-electron chi connectivity index (χ3n) is 3.89. The second-order valence-corrected chi connectivity index (χ2v) is 8.12. The zero-order chi connectivity index (χ0) is 19.9. The van der Waals surface area contributed by atoms with Crippen LogP contribution in [-0.4, -0.2) is 31.7 Å². The Morgan fingerprint density at radius 1 is 1.19 bits per heavy atom. The molecule has 27 heavy (non-hydrogen) atoms. The average molecular weight is 394 g/mol. The number of sulfonamides is 1. The Hall–Kier alpha value is -2.61. The van der Waals surface area contributed by atoms with Crippen molar-refractivity contribution in [1.29, 1.82) is 0 Å². The molecule has 0 heterocycles. The van der Waals surface area contributed by atoms with Crippen molar-refractivity contribution in [2.45, 2.75) is 19.8 Å². The van der Waals surface area contributed by atoms with E-state index in [1.807, 2.05) is 12.1 Å². The van der Waals surface area contributed by atoms with Gasteiger partial charge in [-0.15, -0.1) is 0 Å². The number of phenols is 1. The van der Waals surface area contributed by atoms with Crippen LogP contribution in [0.25, 0.3) is 0 Å². The highest BCUT2D eigenvalue weighted by Gasteiger charge is 2.21. The van der Waals surface area contributed by atoms with Crippen LogP contribution in [0.5, 0.6) is 5.75 Å². The fraction of sp³-hybridized carbons (Fsp3) is 0.316. The number of halogens is 1. The molecule has 0 saturated heterocycles. The molecule has 0 saturated carbocycles. The third-order valence-corrected chi connectivity index (χ3v) is 5.38. The predicted octanol–water partition coefficient (Wildman–Crippen LogP) is 2.66. The van der Waals surface area contributed by atoms with Gasteiger partial charge in [-0.3, -0.25) is 9.52 Å². The van der Waals surface area contributed by atoms with E-state index >= 15 is 0 Å². The molecule has 0 radical (unpaired) electrons. The molecule has 0 aliphatic carbocycles. The van der Waals surface area contributed by atoms with Crippen molar-refractivity contribution in [2.75, 3.05) is 17.0 Å². The van der Waals surface area contributed by atoms with Crippen molar-refractivity contribution < 1.29 is 22.7 Å². The minimum absolute atomic E-state index is 0.122. The van der Waals surface area contributed by atoms with E-state index in [0.717, 1.165) is 18.1 Å². The summed E-state index contributed by atoms with van der Waals surface area (Å²) in [5.41, 5.74) is 1.16. The van der Waals surface area contributed by atoms with Crippen molar-refractivity contribution in [3.8, 4) is 5.75 Å². The van der Waals surface area contributed by atoms with Gasteiger partial charge in [0, 0.05) is 6.54 Å². The second-order valence-electron chi connectivity index (χ2n) is 6.36. The molecule has 0 spiro atoms. The lowest BCUT2D eigenvalue weighted by Crippen LogP contribution is -2.35. The number of phenolic OH excluding ortho intramolecular Hbond substituents is 1. The summed E-state index contributed by atoms with van der Waals surface area (Å²) >= 11 is 0. The Labute approximate surface area is 158 Å². The first-order valence-corrected chi connectivity index (χ1v) is 10.2. The van der Waals surface area contributed by atoms with Crippen LogP contribution in [0.2, 0.25) is 0 Å². The summed E-state index contributed by atoms with van der Waals surface area (Å²) in [5, 5.41) is 12.0. The Morgan fingerprint density at radius 2 is 1.89 bits per heavy atom. The highest BCUT2D eigenvalue weighted by Crippen LogP contribution is 2.13. The maximum Gasteiger partial charge on any atom is 0.233 e. The smallest absolute Gasteiger partial charge is 0.233 e. The van der Waals surface area contributed by atoms with Crippen LogP contribution < -0.4 is 10.0 Å². The minimum Gasteiger partial charge on any atom is -0.508 e. The molecule has 0 fully saturated rings. The molecule has 2 rings (SSSR count). The van der Waals surface area contributed by atoms with E-state index in [1.54, 1.807) is 12.1 Å². The SMILES string of the molecule is CC(CS(=O)(=O)Nc1cccc(F)c1)C(=O)NCCCc1ccc(O)cc1. The fourth-order valence-electron chi connectivity index (χ4n) is 2.52. The van der Waals surface area contributed by atoms with Gasteiger partial charge in [-0.2, -0.15) is 0 Å². The van der Waals surface area contributed by atoms with Gasteiger partial charge in [-0.05, 0) is 48.7 Å². The number of carbonyl (C=O) groups is 1. The Morgan fingerprint density at radius 3 is 2.56 bits per heavy atom. The first-order chi connectivity index (χ1) is 12.7. The molecule has 1 unspecified atom stereocenters. The van der Waals surface area contributed by atoms with Crippen LogP contribution in [0, 0.1) is 11.7 Å². The second kappa shape index (κ2) is 9.36. The van der Waals surface area contributed by atoms with Crippen LogP contribution in [0.15, 0.2) is 48.5 Å². The monoisotopic (exact) mass is 394 g/mol. The Kier molecular flexibility index (Phi) is 7.18. The van der Waals surface area contributed by atoms with Gasteiger partial charge in [0.05, 0.1) is 17.4 Å². The summed E-state index contributed by atoms with van der Waals surface area (Å²) < 4.78 is 39.7. The molecule has 0 aliphatic rings. The number of amides is 1. The predicted molar refractivity (Wildman–Crippen MR) is 102 cm³/mol. The van der Waals surface area contributed by atoms with Crippen LogP contribution in [0.1, 0.15) is 18.9 Å². The zero-order valence-electron chi connectivity index (χ0n) is 15.0. The first-order valence-electron chi connectivity index (χ1n) is 8.57. The van der Waals surface area contributed by atoms with E-state index in [-0.39, 0.29) is 17.3 Å². The van der Waals surface area contributed by atoms with Crippen LogP contribution in [-0.2, 0) is 21.2 Å². The summed E-state index contributed by atoms with van der Waals surface area (Å²) in [6.45, 7) is 1.95. The van der Waals surface area contributed by atoms with Gasteiger partial charge in [-0.25, -0.2) is 12.8 Å². The molecule has 0 aromatic heterocycles. The number of aromatic hydroxyl groups is 1. The van der Waals surface area contributed by atoms with Crippen LogP contribution >= 0.6 is 0 Å². The molecular formula is C19H23FN2O4S. The first kappa shape index (κ1) is 20.7. The molecule has 1 atom stereocenters. The highest BCUT2D eigenvalue weighted by molar-refractivity contribution is 7.92. The maximum atomic E-state index is 13.1. The third kappa shape index (κ3) is 7.26. The van der Waals surface area contributed by atoms with Crippen molar-refractivity contribution in [1.82, 2.24) is 5.32 Å². The molecule has 8 heteroatoms. The van der Waals surface area contributed by atoms with Crippen molar-refractivity contribution in [3.63, 3.8) is 0 Å². The van der Waals surface area contributed by atoms with E-state index in [0.29, 0.717) is 13.0 Å². The number of rotatable bonds is 9. The number of hydrogen-bond donors (Lipinski definition) is 3. The van der Waals surface area contributed by atoms with Gasteiger partial charge in [0.1, 0.15) is 11.6 Å². The normalized spacial score (nSPS) is 12.4. The lowest BCUT2D eigenvalue weighted by Gasteiger charge is -2.14. The maximum absolute atomic E-state index is 13.1. The van der Waals surface area contributed by atoms with E-state index in [2.05, 4.69) is 10.0 Å². The molecule has 2 aromatic carbocycles. The van der Waals surface area contributed by atoms with Crippen LogP contribution in [0.4, 0.5) is 10.1 Å². The molecule has 6 nitrogen and oxygen atoms in total. The summed E-state index contributed by atoms with van der Waals surface area (Å²) in [5.74, 6) is -1.84. The summed E-state index contributed by atoms with van der Waals surface area (Å²) in [7, 11) is -3.77. The highest BCUT2D eigenvalue weighted by atomic mass is 32.2. The van der Waals surface area contributed by atoms with Gasteiger partial charge in [0.2, 0.25) is 15.9 Å². The summed E-state index contributed by atoms with van der Waals surface area (Å²) in [4.78, 5) is 12.1. The van der Waals surface area contributed by atoms with E-state index in [4.69, 9.17) is 0 Å². The average Bonchev–Trinajstić information content (AvgIpc) is 2.59. The molecule has 146 valence electrons. The van der Waals surface area contributed by atoms with Gasteiger partial charge >= 0.3 is 0 Å². The lowest BCUT2D eigenvalue weighted by molar-refractivity contribution is -0.123. The van der Waals surface area contributed by atoms with Gasteiger partial charge in [0.25, 0.3) is 0 Å². The molecule has 2 aromatic rings. The molecule has 1 amide bonds. The minimum atomic E-state index is -3.77. The molecule has 0 bridgehead atoms. The number of hydrogen-bond acceptors (Lipinski definition) is 4. The number of carbonyl (C=O) groups excluding carboxylic acids is 1. The van der Waals surface area contributed by atoms with Crippen molar-refractivity contribution in [2.24, 2.45) is 5.92 Å². The summed E-state index contributed by atoms with van der Waals surface area (Å²) in [6.07, 6.45) is 1.42. The lowest BCUT2D eigenvalue weighted by atomic mass is 10.1. The van der Waals surface area contributed by atoms with E-state index in [9.17, 15) is 22.7 Å². The molecule has 0 aliphatic heterocycles. The summed E-state index contributed by atoms with van der Waals surface area (Å²) in [6, 6.07) is 12.0. The van der Waals surface area contributed by atoms with Crippen molar-refractivity contribution in [3.05, 3.63) is 59.9 Å². The molecule has 3 N–H and O–H groups in total. The van der Waals surface area contributed by atoms with Crippen LogP contribution in [0.3, 0.4) is 0 Å². The van der Waals surface area contributed by atoms with Gasteiger partial charge in [-0.1, -0.05) is 25.1 Å². The van der Waals surface area contributed by atoms with E-state index in [1.165, 1.54) is 25.1 Å².